The van der Waals surface area contributed by atoms with Crippen LogP contribution in [0.15, 0.2) is 30.3 Å². The van der Waals surface area contributed by atoms with Crippen LogP contribution < -0.4 is 5.32 Å². The van der Waals surface area contributed by atoms with E-state index in [4.69, 9.17) is 4.74 Å². The van der Waals surface area contributed by atoms with Crippen molar-refractivity contribution in [1.82, 2.24) is 5.32 Å². The molecule has 2 N–H and O–H groups in total. The first-order valence-electron chi connectivity index (χ1n) is 7.72. The number of carboxylic acid groups (broad SMARTS) is 1. The van der Waals surface area contributed by atoms with Gasteiger partial charge in [0.25, 0.3) is 0 Å². The van der Waals surface area contributed by atoms with Crippen LogP contribution in [0.4, 0.5) is 0 Å². The van der Waals surface area contributed by atoms with E-state index >= 15 is 0 Å². The Morgan fingerprint density at radius 1 is 1.27 bits per heavy atom. The lowest BCUT2D eigenvalue weighted by Crippen LogP contribution is -2.46. The lowest BCUT2D eigenvalue weighted by atomic mass is 9.86. The summed E-state index contributed by atoms with van der Waals surface area (Å²) in [5.41, 5.74) is 0.897. The van der Waals surface area contributed by atoms with Gasteiger partial charge in [-0.1, -0.05) is 37.3 Å². The second-order valence-corrected chi connectivity index (χ2v) is 5.83. The summed E-state index contributed by atoms with van der Waals surface area (Å²) in [6.07, 6.45) is 2.00. The van der Waals surface area contributed by atoms with Gasteiger partial charge in [0.1, 0.15) is 6.04 Å². The average molecular weight is 305 g/mol. The van der Waals surface area contributed by atoms with E-state index < -0.39 is 12.0 Å². The highest BCUT2D eigenvalue weighted by molar-refractivity contribution is 5.85. The van der Waals surface area contributed by atoms with Gasteiger partial charge in [0.05, 0.1) is 0 Å². The van der Waals surface area contributed by atoms with Crippen molar-refractivity contribution in [2.75, 3.05) is 13.2 Å². The largest absolute Gasteiger partial charge is 0.480 e. The third-order valence-corrected chi connectivity index (χ3v) is 4.28. The Morgan fingerprint density at radius 3 is 2.50 bits per heavy atom. The van der Waals surface area contributed by atoms with Crippen LogP contribution in [0.5, 0.6) is 0 Å². The third-order valence-electron chi connectivity index (χ3n) is 4.28. The molecule has 0 aromatic heterocycles. The Kier molecular flexibility index (Phi) is 5.95. The van der Waals surface area contributed by atoms with E-state index in [-0.39, 0.29) is 17.7 Å². The van der Waals surface area contributed by atoms with Crippen molar-refractivity contribution < 1.29 is 19.4 Å². The van der Waals surface area contributed by atoms with E-state index in [1.165, 1.54) is 0 Å². The van der Waals surface area contributed by atoms with Gasteiger partial charge in [-0.25, -0.2) is 4.79 Å². The molecule has 5 heteroatoms. The van der Waals surface area contributed by atoms with Crippen LogP contribution in [0.25, 0.3) is 0 Å². The lowest BCUT2D eigenvalue weighted by Gasteiger charge is -2.28. The molecule has 1 unspecified atom stereocenters. The van der Waals surface area contributed by atoms with Crippen LogP contribution in [0, 0.1) is 11.8 Å². The minimum atomic E-state index is -1.00. The molecule has 120 valence electrons. The number of carbonyl (C=O) groups excluding carboxylic acids is 1. The minimum absolute atomic E-state index is 0.185. The van der Waals surface area contributed by atoms with Crippen LogP contribution in [0.2, 0.25) is 0 Å². The maximum absolute atomic E-state index is 12.3. The highest BCUT2D eigenvalue weighted by Crippen LogP contribution is 2.23. The second kappa shape index (κ2) is 7.94. The van der Waals surface area contributed by atoms with Crippen molar-refractivity contribution in [1.29, 1.82) is 0 Å². The first-order valence-corrected chi connectivity index (χ1v) is 7.72. The quantitative estimate of drug-likeness (QED) is 0.841. The summed E-state index contributed by atoms with van der Waals surface area (Å²) in [6, 6.07) is 8.44. The monoisotopic (exact) mass is 305 g/mol. The van der Waals surface area contributed by atoms with Gasteiger partial charge in [-0.2, -0.15) is 0 Å². The molecule has 1 aliphatic rings. The van der Waals surface area contributed by atoms with Gasteiger partial charge in [0.2, 0.25) is 5.91 Å². The van der Waals surface area contributed by atoms with Crippen LogP contribution >= 0.6 is 0 Å². The SMILES string of the molecule is CC(C(=O)N[C@H](Cc1ccccc1)C(=O)O)C1CCOCC1. The molecule has 1 saturated heterocycles. The molecule has 1 aromatic rings. The van der Waals surface area contributed by atoms with E-state index in [1.807, 2.05) is 37.3 Å². The fourth-order valence-electron chi connectivity index (χ4n) is 2.78. The maximum atomic E-state index is 12.3. The van der Waals surface area contributed by atoms with E-state index in [0.717, 1.165) is 18.4 Å². The van der Waals surface area contributed by atoms with Gasteiger partial charge < -0.3 is 15.2 Å². The number of ether oxygens (including phenoxy) is 1. The Balaban J connectivity index is 1.95. The van der Waals surface area contributed by atoms with E-state index in [2.05, 4.69) is 5.32 Å². The Morgan fingerprint density at radius 2 is 1.91 bits per heavy atom. The molecule has 0 bridgehead atoms. The highest BCUT2D eigenvalue weighted by Gasteiger charge is 2.29. The highest BCUT2D eigenvalue weighted by atomic mass is 16.5. The fraction of sp³-hybridized carbons (Fsp3) is 0.529. The molecule has 1 aliphatic heterocycles. The smallest absolute Gasteiger partial charge is 0.326 e. The van der Waals surface area contributed by atoms with Gasteiger partial charge in [0, 0.05) is 25.6 Å². The molecule has 1 heterocycles. The molecular weight excluding hydrogens is 282 g/mol. The predicted octanol–water partition coefficient (Wildman–Crippen LogP) is 1.86. The summed E-state index contributed by atoms with van der Waals surface area (Å²) in [7, 11) is 0. The molecule has 2 atom stereocenters. The summed E-state index contributed by atoms with van der Waals surface area (Å²) >= 11 is 0. The van der Waals surface area contributed by atoms with Gasteiger partial charge in [-0.05, 0) is 24.3 Å². The van der Waals surface area contributed by atoms with Crippen LogP contribution in [0.1, 0.15) is 25.3 Å². The van der Waals surface area contributed by atoms with Gasteiger partial charge in [-0.3, -0.25) is 4.79 Å². The molecule has 2 rings (SSSR count). The summed E-state index contributed by atoms with van der Waals surface area (Å²) in [5.74, 6) is -1.12. The van der Waals surface area contributed by atoms with Crippen molar-refractivity contribution in [3.8, 4) is 0 Å². The number of amides is 1. The molecule has 0 spiro atoms. The molecule has 5 nitrogen and oxygen atoms in total. The van der Waals surface area contributed by atoms with Crippen molar-refractivity contribution in [2.24, 2.45) is 11.8 Å². The van der Waals surface area contributed by atoms with Crippen molar-refractivity contribution in [2.45, 2.75) is 32.2 Å². The number of carboxylic acids is 1. The molecule has 0 radical (unpaired) electrons. The minimum Gasteiger partial charge on any atom is -0.480 e. The number of aliphatic carboxylic acids is 1. The van der Waals surface area contributed by atoms with E-state index in [0.29, 0.717) is 19.6 Å². The molecule has 1 amide bonds. The van der Waals surface area contributed by atoms with Crippen molar-refractivity contribution in [3.63, 3.8) is 0 Å². The molecule has 22 heavy (non-hydrogen) atoms. The Labute approximate surface area is 130 Å². The average Bonchev–Trinajstić information content (AvgIpc) is 2.55. The number of hydrogen-bond acceptors (Lipinski definition) is 3. The topological polar surface area (TPSA) is 75.6 Å². The van der Waals surface area contributed by atoms with Crippen LogP contribution in [0.3, 0.4) is 0 Å². The molecule has 1 aromatic carbocycles. The zero-order valence-corrected chi connectivity index (χ0v) is 12.8. The molecule has 0 saturated carbocycles. The standard InChI is InChI=1S/C17H23NO4/c1-12(14-7-9-22-10-8-14)16(19)18-15(17(20)21)11-13-5-3-2-4-6-13/h2-6,12,14-15H,7-11H2,1H3,(H,18,19)(H,20,21)/t12?,15-/m1/s1. The number of benzene rings is 1. The van der Waals surface area contributed by atoms with Gasteiger partial charge >= 0.3 is 5.97 Å². The summed E-state index contributed by atoms with van der Waals surface area (Å²) in [5, 5.41) is 12.0. The number of hydrogen-bond donors (Lipinski definition) is 2. The number of carbonyl (C=O) groups is 2. The first kappa shape index (κ1) is 16.5. The summed E-state index contributed by atoms with van der Waals surface area (Å²) in [6.45, 7) is 3.22. The lowest BCUT2D eigenvalue weighted by molar-refractivity contribution is -0.142. The van der Waals surface area contributed by atoms with Gasteiger partial charge in [0.15, 0.2) is 0 Å². The summed E-state index contributed by atoms with van der Waals surface area (Å²) in [4.78, 5) is 23.7. The Bertz CT molecular complexity index is 497. The molecule has 0 aliphatic carbocycles. The van der Waals surface area contributed by atoms with Crippen LogP contribution in [-0.4, -0.2) is 36.2 Å². The van der Waals surface area contributed by atoms with Crippen molar-refractivity contribution >= 4 is 11.9 Å². The maximum Gasteiger partial charge on any atom is 0.326 e. The second-order valence-electron chi connectivity index (χ2n) is 5.83. The van der Waals surface area contributed by atoms with E-state index in [9.17, 15) is 14.7 Å². The van der Waals surface area contributed by atoms with Crippen LogP contribution in [-0.2, 0) is 20.7 Å². The summed E-state index contributed by atoms with van der Waals surface area (Å²) < 4.78 is 5.30. The first-order chi connectivity index (χ1) is 10.6. The fourth-order valence-corrected chi connectivity index (χ4v) is 2.78. The zero-order chi connectivity index (χ0) is 15.9. The predicted molar refractivity (Wildman–Crippen MR) is 82.4 cm³/mol. The normalized spacial score (nSPS) is 18.4. The number of nitrogens with one attached hydrogen (secondary N) is 1. The Hall–Kier alpha value is -1.88. The van der Waals surface area contributed by atoms with E-state index in [1.54, 1.807) is 0 Å². The van der Waals surface area contributed by atoms with Crippen molar-refractivity contribution in [3.05, 3.63) is 35.9 Å². The number of rotatable bonds is 6. The molecular formula is C17H23NO4. The zero-order valence-electron chi connectivity index (χ0n) is 12.8. The molecule has 1 fully saturated rings. The third kappa shape index (κ3) is 4.56. The van der Waals surface area contributed by atoms with Gasteiger partial charge in [-0.15, -0.1) is 0 Å².